The van der Waals surface area contributed by atoms with Crippen LogP contribution in [-0.4, -0.2) is 58.6 Å². The zero-order valence-electron chi connectivity index (χ0n) is 12.0. The van der Waals surface area contributed by atoms with Crippen LogP contribution in [0.1, 0.15) is 32.1 Å². The van der Waals surface area contributed by atoms with Gasteiger partial charge in [0.05, 0.1) is 18.4 Å². The van der Waals surface area contributed by atoms with Crippen LogP contribution in [0.2, 0.25) is 0 Å². The molecule has 118 valence electrons. The summed E-state index contributed by atoms with van der Waals surface area (Å²) in [7, 11) is 0. The van der Waals surface area contributed by atoms with E-state index in [1.54, 1.807) is 0 Å². The van der Waals surface area contributed by atoms with Gasteiger partial charge < -0.3 is 20.4 Å². The first-order valence-corrected chi connectivity index (χ1v) is 7.46. The second-order valence-corrected chi connectivity index (χ2v) is 5.88. The van der Waals surface area contributed by atoms with Crippen molar-refractivity contribution < 1.29 is 24.6 Å². The SMILES string of the molecule is O=C(O)C1CCN(C(=O)CNC2CCCC2)CC1C(=O)O. The molecule has 2 unspecified atom stereocenters. The molecule has 3 N–H and O–H groups in total. The molecule has 1 saturated carbocycles. The minimum Gasteiger partial charge on any atom is -0.481 e. The van der Waals surface area contributed by atoms with Crippen molar-refractivity contribution in [1.29, 1.82) is 0 Å². The van der Waals surface area contributed by atoms with Crippen LogP contribution in [-0.2, 0) is 14.4 Å². The van der Waals surface area contributed by atoms with Crippen molar-refractivity contribution in [2.75, 3.05) is 19.6 Å². The van der Waals surface area contributed by atoms with Crippen molar-refractivity contribution in [2.24, 2.45) is 11.8 Å². The van der Waals surface area contributed by atoms with Crippen molar-refractivity contribution >= 4 is 17.8 Å². The molecule has 0 aromatic carbocycles. The number of piperidine rings is 1. The highest BCUT2D eigenvalue weighted by Crippen LogP contribution is 2.24. The molecule has 0 spiro atoms. The number of carbonyl (C=O) groups is 3. The second kappa shape index (κ2) is 6.89. The number of hydrogen-bond acceptors (Lipinski definition) is 4. The van der Waals surface area contributed by atoms with E-state index in [1.807, 2.05) is 0 Å². The van der Waals surface area contributed by atoms with E-state index in [1.165, 1.54) is 17.7 Å². The van der Waals surface area contributed by atoms with Gasteiger partial charge in [-0.15, -0.1) is 0 Å². The summed E-state index contributed by atoms with van der Waals surface area (Å²) in [4.78, 5) is 35.8. The van der Waals surface area contributed by atoms with Crippen molar-refractivity contribution in [1.82, 2.24) is 10.2 Å². The van der Waals surface area contributed by atoms with Crippen LogP contribution >= 0.6 is 0 Å². The molecule has 1 saturated heterocycles. The van der Waals surface area contributed by atoms with E-state index in [0.717, 1.165) is 12.8 Å². The number of carbonyl (C=O) groups excluding carboxylic acids is 1. The Kier molecular flexibility index (Phi) is 5.17. The quantitative estimate of drug-likeness (QED) is 0.667. The molecule has 2 aliphatic rings. The number of carboxylic acids is 2. The van der Waals surface area contributed by atoms with E-state index in [2.05, 4.69) is 5.32 Å². The standard InChI is InChI=1S/C14H22N2O5/c17-12(7-15-9-3-1-2-4-9)16-6-5-10(13(18)19)11(8-16)14(20)21/h9-11,15H,1-8H2,(H,18,19)(H,20,21). The normalized spacial score (nSPS) is 26.8. The van der Waals surface area contributed by atoms with Crippen LogP contribution in [0.4, 0.5) is 0 Å². The highest BCUT2D eigenvalue weighted by molar-refractivity contribution is 5.83. The van der Waals surface area contributed by atoms with Crippen LogP contribution in [0.15, 0.2) is 0 Å². The predicted octanol–water partition coefficient (Wildman–Crippen LogP) is 0.153. The van der Waals surface area contributed by atoms with Gasteiger partial charge in [-0.1, -0.05) is 12.8 Å². The van der Waals surface area contributed by atoms with Crippen LogP contribution in [0, 0.1) is 11.8 Å². The minimum atomic E-state index is -1.15. The van der Waals surface area contributed by atoms with Gasteiger partial charge >= 0.3 is 11.9 Å². The maximum atomic E-state index is 12.1. The Morgan fingerprint density at radius 2 is 1.62 bits per heavy atom. The molecule has 0 aromatic rings. The molecular formula is C14H22N2O5. The fourth-order valence-corrected chi connectivity index (χ4v) is 3.20. The van der Waals surface area contributed by atoms with E-state index in [-0.39, 0.29) is 25.4 Å². The van der Waals surface area contributed by atoms with Gasteiger partial charge in [-0.3, -0.25) is 14.4 Å². The molecule has 0 radical (unpaired) electrons. The molecule has 2 fully saturated rings. The summed E-state index contributed by atoms with van der Waals surface area (Å²) >= 11 is 0. The zero-order valence-corrected chi connectivity index (χ0v) is 12.0. The predicted molar refractivity (Wildman–Crippen MR) is 73.7 cm³/mol. The van der Waals surface area contributed by atoms with Crippen LogP contribution in [0.25, 0.3) is 0 Å². The van der Waals surface area contributed by atoms with Gasteiger partial charge in [-0.05, 0) is 19.3 Å². The summed E-state index contributed by atoms with van der Waals surface area (Å²) in [5, 5.41) is 21.4. The maximum Gasteiger partial charge on any atom is 0.309 e. The van der Waals surface area contributed by atoms with Crippen LogP contribution in [0.3, 0.4) is 0 Å². The molecule has 1 aliphatic heterocycles. The Morgan fingerprint density at radius 1 is 1.00 bits per heavy atom. The van der Waals surface area contributed by atoms with E-state index in [0.29, 0.717) is 12.6 Å². The Morgan fingerprint density at radius 3 is 2.19 bits per heavy atom. The average molecular weight is 298 g/mol. The number of aliphatic carboxylic acids is 2. The van der Waals surface area contributed by atoms with E-state index in [9.17, 15) is 14.4 Å². The summed E-state index contributed by atoms with van der Waals surface area (Å²) in [5.41, 5.74) is 0. The Bertz CT molecular complexity index is 420. The molecule has 2 rings (SSSR count). The van der Waals surface area contributed by atoms with Gasteiger partial charge in [-0.25, -0.2) is 0 Å². The third-order valence-corrected chi connectivity index (χ3v) is 4.50. The first-order chi connectivity index (χ1) is 9.99. The zero-order chi connectivity index (χ0) is 15.4. The summed E-state index contributed by atoms with van der Waals surface area (Å²) in [6.07, 6.45) is 4.70. The van der Waals surface area contributed by atoms with Crippen LogP contribution < -0.4 is 5.32 Å². The van der Waals surface area contributed by atoms with Crippen molar-refractivity contribution in [2.45, 2.75) is 38.1 Å². The average Bonchev–Trinajstić information content (AvgIpc) is 2.97. The third kappa shape index (κ3) is 3.93. The highest BCUT2D eigenvalue weighted by Gasteiger charge is 2.39. The van der Waals surface area contributed by atoms with Gasteiger partial charge in [0, 0.05) is 19.1 Å². The number of nitrogens with zero attached hydrogens (tertiary/aromatic N) is 1. The lowest BCUT2D eigenvalue weighted by atomic mass is 9.85. The molecular weight excluding hydrogens is 276 g/mol. The summed E-state index contributed by atoms with van der Waals surface area (Å²) in [6, 6.07) is 0.376. The van der Waals surface area contributed by atoms with Gasteiger partial charge in [0.2, 0.25) is 5.91 Å². The summed E-state index contributed by atoms with van der Waals surface area (Å²) in [5.74, 6) is -4.32. The largest absolute Gasteiger partial charge is 0.481 e. The van der Waals surface area contributed by atoms with Crippen molar-refractivity contribution in [3.63, 3.8) is 0 Å². The maximum absolute atomic E-state index is 12.1. The first-order valence-electron chi connectivity index (χ1n) is 7.46. The number of nitrogens with one attached hydrogen (secondary N) is 1. The molecule has 0 aromatic heterocycles. The number of carboxylic acid groups (broad SMARTS) is 2. The number of rotatable bonds is 5. The first kappa shape index (κ1) is 15.8. The Hall–Kier alpha value is -1.63. The molecule has 1 heterocycles. The number of hydrogen-bond donors (Lipinski definition) is 3. The molecule has 7 nitrogen and oxygen atoms in total. The molecule has 1 aliphatic carbocycles. The Labute approximate surface area is 123 Å². The second-order valence-electron chi connectivity index (χ2n) is 5.88. The summed E-state index contributed by atoms with van der Waals surface area (Å²) in [6.45, 7) is 0.498. The minimum absolute atomic E-state index is 0.0164. The van der Waals surface area contributed by atoms with Crippen LogP contribution in [0.5, 0.6) is 0 Å². The van der Waals surface area contributed by atoms with Crippen molar-refractivity contribution in [3.05, 3.63) is 0 Å². The van der Waals surface area contributed by atoms with Gasteiger partial charge in [-0.2, -0.15) is 0 Å². The summed E-state index contributed by atoms with van der Waals surface area (Å²) < 4.78 is 0. The van der Waals surface area contributed by atoms with Gasteiger partial charge in [0.15, 0.2) is 0 Å². The highest BCUT2D eigenvalue weighted by atomic mass is 16.4. The number of likely N-dealkylation sites (tertiary alicyclic amines) is 1. The van der Waals surface area contributed by atoms with Gasteiger partial charge in [0.1, 0.15) is 0 Å². The lowest BCUT2D eigenvalue weighted by Gasteiger charge is -2.34. The van der Waals surface area contributed by atoms with E-state index < -0.39 is 23.8 Å². The van der Waals surface area contributed by atoms with Gasteiger partial charge in [0.25, 0.3) is 0 Å². The molecule has 21 heavy (non-hydrogen) atoms. The topological polar surface area (TPSA) is 107 Å². The fourth-order valence-electron chi connectivity index (χ4n) is 3.20. The Balaban J connectivity index is 1.87. The third-order valence-electron chi connectivity index (χ3n) is 4.50. The number of amides is 1. The molecule has 2 atom stereocenters. The van der Waals surface area contributed by atoms with E-state index >= 15 is 0 Å². The lowest BCUT2D eigenvalue weighted by molar-refractivity contribution is -0.159. The van der Waals surface area contributed by atoms with Crippen molar-refractivity contribution in [3.8, 4) is 0 Å². The monoisotopic (exact) mass is 298 g/mol. The lowest BCUT2D eigenvalue weighted by Crippen LogP contribution is -2.51. The molecule has 0 bridgehead atoms. The smallest absolute Gasteiger partial charge is 0.309 e. The fraction of sp³-hybridized carbons (Fsp3) is 0.786. The molecule has 1 amide bonds. The van der Waals surface area contributed by atoms with E-state index in [4.69, 9.17) is 10.2 Å². The molecule has 7 heteroatoms.